The van der Waals surface area contributed by atoms with Crippen molar-refractivity contribution in [1.29, 1.82) is 0 Å². The molecule has 0 N–H and O–H groups in total. The monoisotopic (exact) mass is 725 g/mol. The molecule has 0 aliphatic rings. The number of fused-ring (bicyclic) bond motifs is 6. The molecule has 6 aromatic carbocycles. The maximum Gasteiger partial charge on any atom is 0.137 e. The molecule has 4 heterocycles. The molecule has 0 aliphatic heterocycles. The van der Waals surface area contributed by atoms with E-state index in [2.05, 4.69) is 195 Å². The highest BCUT2D eigenvalue weighted by atomic mass is 15.3. The molecule has 5 nitrogen and oxygen atoms in total. The van der Waals surface area contributed by atoms with Crippen molar-refractivity contribution >= 4 is 43.6 Å². The van der Waals surface area contributed by atoms with E-state index in [1.165, 1.54) is 49.4 Å². The Morgan fingerprint density at radius 3 is 1.77 bits per heavy atom. The van der Waals surface area contributed by atoms with Gasteiger partial charge in [0.15, 0.2) is 0 Å². The molecule has 0 unspecified atom stereocenters. The number of hydrogen-bond donors (Lipinski definition) is 0. The first-order valence-corrected chi connectivity index (χ1v) is 19.4. The van der Waals surface area contributed by atoms with Crippen molar-refractivity contribution in [3.63, 3.8) is 0 Å². The van der Waals surface area contributed by atoms with E-state index < -0.39 is 0 Å². The molecule has 4 aromatic heterocycles. The second kappa shape index (κ2) is 12.7. The lowest BCUT2D eigenvalue weighted by atomic mass is 9.88. The maximum atomic E-state index is 5.14. The highest BCUT2D eigenvalue weighted by Crippen LogP contribution is 2.41. The standard InChI is InChI=1S/C51H43N5/c1-32-26-33(2)49(34(3)27-32)43-31-53-56(50(43)35-14-8-7-9-15-35)38-21-23-41-39-16-10-12-18-44(39)54(46(41)30-38)37-20-22-42-40-17-11-13-19-45(40)55(47(42)29-37)48-28-36(24-25-52-48)51(4,5)6/h7-31H,1-6H3. The minimum absolute atomic E-state index is 0.00417. The minimum atomic E-state index is -0.00417. The van der Waals surface area contributed by atoms with Crippen LogP contribution in [0, 0.1) is 20.8 Å². The predicted octanol–water partition coefficient (Wildman–Crippen LogP) is 13.0. The van der Waals surface area contributed by atoms with Gasteiger partial charge in [-0.15, -0.1) is 0 Å². The molecule has 10 aromatic rings. The lowest BCUT2D eigenvalue weighted by Gasteiger charge is -2.20. The molecule has 10 rings (SSSR count). The molecule has 0 bridgehead atoms. The zero-order chi connectivity index (χ0) is 38.3. The van der Waals surface area contributed by atoms with Gasteiger partial charge in [0.2, 0.25) is 0 Å². The Morgan fingerprint density at radius 1 is 0.518 bits per heavy atom. The number of hydrogen-bond acceptors (Lipinski definition) is 2. The van der Waals surface area contributed by atoms with Crippen LogP contribution in [0.4, 0.5) is 0 Å². The third-order valence-electron chi connectivity index (χ3n) is 11.4. The molecule has 272 valence electrons. The van der Waals surface area contributed by atoms with Gasteiger partial charge in [-0.05, 0) is 97.0 Å². The summed E-state index contributed by atoms with van der Waals surface area (Å²) in [5, 5.41) is 9.96. The van der Waals surface area contributed by atoms with Gasteiger partial charge in [0, 0.05) is 44.6 Å². The third kappa shape index (κ3) is 5.30. The summed E-state index contributed by atoms with van der Waals surface area (Å²) >= 11 is 0. The number of benzene rings is 6. The smallest absolute Gasteiger partial charge is 0.137 e. The lowest BCUT2D eigenvalue weighted by Crippen LogP contribution is -2.12. The van der Waals surface area contributed by atoms with Gasteiger partial charge >= 0.3 is 0 Å². The summed E-state index contributed by atoms with van der Waals surface area (Å²) in [6, 6.07) is 50.6. The van der Waals surface area contributed by atoms with E-state index in [-0.39, 0.29) is 5.41 Å². The van der Waals surface area contributed by atoms with E-state index in [1.54, 1.807) is 0 Å². The van der Waals surface area contributed by atoms with Crippen molar-refractivity contribution in [2.45, 2.75) is 47.0 Å². The zero-order valence-corrected chi connectivity index (χ0v) is 32.7. The number of nitrogens with zero attached hydrogens (tertiary/aromatic N) is 5. The summed E-state index contributed by atoms with van der Waals surface area (Å²) in [4.78, 5) is 4.95. The van der Waals surface area contributed by atoms with Crippen molar-refractivity contribution in [2.24, 2.45) is 0 Å². The first kappa shape index (κ1) is 33.8. The van der Waals surface area contributed by atoms with Crippen LogP contribution < -0.4 is 0 Å². The van der Waals surface area contributed by atoms with Crippen LogP contribution in [0.15, 0.2) is 152 Å². The van der Waals surface area contributed by atoms with Gasteiger partial charge in [-0.1, -0.05) is 117 Å². The van der Waals surface area contributed by atoms with E-state index in [4.69, 9.17) is 10.1 Å². The topological polar surface area (TPSA) is 40.6 Å². The first-order chi connectivity index (χ1) is 27.2. The molecule has 0 amide bonds. The summed E-state index contributed by atoms with van der Waals surface area (Å²) in [5.41, 5.74) is 16.2. The zero-order valence-electron chi connectivity index (χ0n) is 32.7. The fourth-order valence-corrected chi connectivity index (χ4v) is 8.93. The van der Waals surface area contributed by atoms with Crippen LogP contribution in [-0.2, 0) is 5.41 Å². The van der Waals surface area contributed by atoms with Crippen LogP contribution in [-0.4, -0.2) is 23.9 Å². The Kier molecular flexibility index (Phi) is 7.65. The van der Waals surface area contributed by atoms with Crippen molar-refractivity contribution in [3.05, 3.63) is 174 Å². The van der Waals surface area contributed by atoms with Gasteiger partial charge in [-0.2, -0.15) is 5.10 Å². The number of rotatable bonds is 5. The fraction of sp³-hybridized carbons (Fsp3) is 0.137. The second-order valence-corrected chi connectivity index (χ2v) is 16.2. The van der Waals surface area contributed by atoms with Gasteiger partial charge in [0.1, 0.15) is 5.82 Å². The van der Waals surface area contributed by atoms with E-state index in [0.29, 0.717) is 0 Å². The van der Waals surface area contributed by atoms with Gasteiger partial charge in [-0.25, -0.2) is 9.67 Å². The average molecular weight is 726 g/mol. The molecule has 0 saturated heterocycles. The molecular weight excluding hydrogens is 683 g/mol. The van der Waals surface area contributed by atoms with E-state index in [0.717, 1.165) is 56.1 Å². The Balaban J connectivity index is 1.22. The van der Waals surface area contributed by atoms with Gasteiger partial charge in [0.05, 0.1) is 39.6 Å². The quantitative estimate of drug-likeness (QED) is 0.177. The molecule has 0 fully saturated rings. The van der Waals surface area contributed by atoms with Crippen LogP contribution in [0.5, 0.6) is 0 Å². The average Bonchev–Trinajstić information content (AvgIpc) is 3.87. The fourth-order valence-electron chi connectivity index (χ4n) is 8.93. The van der Waals surface area contributed by atoms with Crippen molar-refractivity contribution in [3.8, 4) is 39.6 Å². The van der Waals surface area contributed by atoms with Crippen LogP contribution in [0.2, 0.25) is 0 Å². The van der Waals surface area contributed by atoms with E-state index >= 15 is 0 Å². The first-order valence-electron chi connectivity index (χ1n) is 19.4. The number of para-hydroxylation sites is 2. The van der Waals surface area contributed by atoms with Crippen LogP contribution >= 0.6 is 0 Å². The SMILES string of the molecule is Cc1cc(C)c(-c2cnn(-c3ccc4c5ccccc5n(-c5ccc6c7ccccc7n(-c7cc(C(C)(C)C)ccn7)c6c5)c4c3)c2-c2ccccc2)c(C)c1. The summed E-state index contributed by atoms with van der Waals surface area (Å²) in [7, 11) is 0. The highest BCUT2D eigenvalue weighted by Gasteiger charge is 2.22. The minimum Gasteiger partial charge on any atom is -0.309 e. The Bertz CT molecular complexity index is 3130. The maximum absolute atomic E-state index is 5.14. The van der Waals surface area contributed by atoms with Gasteiger partial charge in [0.25, 0.3) is 0 Å². The molecule has 56 heavy (non-hydrogen) atoms. The largest absolute Gasteiger partial charge is 0.309 e. The summed E-state index contributed by atoms with van der Waals surface area (Å²) in [6.45, 7) is 13.3. The predicted molar refractivity (Wildman–Crippen MR) is 234 cm³/mol. The van der Waals surface area contributed by atoms with Crippen molar-refractivity contribution < 1.29 is 0 Å². The van der Waals surface area contributed by atoms with E-state index in [9.17, 15) is 0 Å². The Hall–Kier alpha value is -6.72. The third-order valence-corrected chi connectivity index (χ3v) is 11.4. The molecule has 0 spiro atoms. The molecule has 0 aliphatic carbocycles. The number of aromatic nitrogens is 5. The number of aryl methyl sites for hydroxylation is 3. The molecular formula is C51H43N5. The highest BCUT2D eigenvalue weighted by molar-refractivity contribution is 6.12. The molecule has 0 radical (unpaired) electrons. The van der Waals surface area contributed by atoms with Crippen LogP contribution in [0.3, 0.4) is 0 Å². The molecule has 0 saturated carbocycles. The summed E-state index contributed by atoms with van der Waals surface area (Å²) in [5.74, 6) is 0.923. The Labute approximate surface area is 327 Å². The van der Waals surface area contributed by atoms with Crippen molar-refractivity contribution in [1.82, 2.24) is 23.9 Å². The lowest BCUT2D eigenvalue weighted by molar-refractivity contribution is 0.588. The van der Waals surface area contributed by atoms with Gasteiger partial charge < -0.3 is 4.57 Å². The van der Waals surface area contributed by atoms with Gasteiger partial charge in [-0.3, -0.25) is 4.57 Å². The summed E-state index contributed by atoms with van der Waals surface area (Å²) in [6.07, 6.45) is 3.99. The number of pyridine rings is 1. The van der Waals surface area contributed by atoms with Crippen molar-refractivity contribution in [2.75, 3.05) is 0 Å². The molecule has 5 heteroatoms. The normalized spacial score (nSPS) is 12.1. The molecule has 0 atom stereocenters. The van der Waals surface area contributed by atoms with Crippen LogP contribution in [0.25, 0.3) is 83.2 Å². The Morgan fingerprint density at radius 2 is 1.09 bits per heavy atom. The van der Waals surface area contributed by atoms with Crippen LogP contribution in [0.1, 0.15) is 43.0 Å². The van der Waals surface area contributed by atoms with E-state index in [1.807, 2.05) is 12.4 Å². The second-order valence-electron chi connectivity index (χ2n) is 16.2. The summed E-state index contributed by atoms with van der Waals surface area (Å²) < 4.78 is 6.87.